The molecule has 0 bridgehead atoms. The summed E-state index contributed by atoms with van der Waals surface area (Å²) in [5.74, 6) is -0.173. The van der Waals surface area contributed by atoms with Gasteiger partial charge >= 0.3 is 0 Å². The van der Waals surface area contributed by atoms with E-state index in [1.165, 1.54) is 24.3 Å². The number of ether oxygens (including phenoxy) is 2. The topological polar surface area (TPSA) is 131 Å². The van der Waals surface area contributed by atoms with Gasteiger partial charge in [0.05, 0.1) is 6.42 Å². The van der Waals surface area contributed by atoms with Gasteiger partial charge in [-0.1, -0.05) is 24.3 Å². The Morgan fingerprint density at radius 1 is 1.19 bits per heavy atom. The number of rotatable bonds is 13. The van der Waals surface area contributed by atoms with Crippen molar-refractivity contribution >= 4 is 29.4 Å². The van der Waals surface area contributed by atoms with E-state index in [2.05, 4.69) is 4.84 Å². The molecule has 1 aliphatic rings. The van der Waals surface area contributed by atoms with E-state index in [0.717, 1.165) is 0 Å². The standard InChI is InChI=1S/C23H27ClN2O6/c24-26-10-12-32-23-8-4-17(14-21(23)30)2-6-19(28)15-18(27)5-1-16-3-7-22(20(29)13-16)31-11-9-25/h1-8,14,16,26,29-30H,9-13,15,25H2/b5-1+,6-2+. The van der Waals surface area contributed by atoms with E-state index in [1.807, 2.05) is 6.08 Å². The van der Waals surface area contributed by atoms with Crippen molar-refractivity contribution < 1.29 is 29.3 Å². The number of phenolic OH excluding ortho intramolecular Hbond substituents is 1. The van der Waals surface area contributed by atoms with Crippen LogP contribution in [0.5, 0.6) is 11.5 Å². The van der Waals surface area contributed by atoms with Crippen molar-refractivity contribution in [3.05, 3.63) is 65.7 Å². The number of ketones is 2. The van der Waals surface area contributed by atoms with Crippen molar-refractivity contribution in [3.63, 3.8) is 0 Å². The molecule has 2 rings (SSSR count). The minimum absolute atomic E-state index is 0.0670. The number of aliphatic hydroxyl groups is 1. The quantitative estimate of drug-likeness (QED) is 0.152. The van der Waals surface area contributed by atoms with Gasteiger partial charge in [0.2, 0.25) is 0 Å². The SMILES string of the molecule is NCCOC1=C(O)CC(/C=C/C(=O)CC(=O)/C=C/c2ccc(OCCNCl)c(O)c2)C=C1. The molecule has 1 atom stereocenters. The molecule has 172 valence electrons. The molecule has 32 heavy (non-hydrogen) atoms. The Morgan fingerprint density at radius 3 is 2.66 bits per heavy atom. The molecule has 1 aliphatic carbocycles. The summed E-state index contributed by atoms with van der Waals surface area (Å²) < 4.78 is 10.7. The van der Waals surface area contributed by atoms with Crippen LogP contribution in [0.3, 0.4) is 0 Å². The number of nitrogens with two attached hydrogens (primary N) is 1. The largest absolute Gasteiger partial charge is 0.508 e. The number of phenols is 1. The van der Waals surface area contributed by atoms with Gasteiger partial charge in [-0.3, -0.25) is 9.59 Å². The lowest BCUT2D eigenvalue weighted by Crippen LogP contribution is -2.11. The number of aliphatic hydroxyl groups excluding tert-OH is 1. The van der Waals surface area contributed by atoms with Crippen LogP contribution >= 0.6 is 11.8 Å². The number of allylic oxidation sites excluding steroid dienone is 6. The maximum absolute atomic E-state index is 12.1. The lowest BCUT2D eigenvalue weighted by Gasteiger charge is -2.16. The molecular formula is C23H27ClN2O6. The second-order valence-corrected chi connectivity index (χ2v) is 7.20. The Kier molecular flexibility index (Phi) is 10.5. The molecule has 1 unspecified atom stereocenters. The van der Waals surface area contributed by atoms with Gasteiger partial charge in [0, 0.05) is 25.4 Å². The van der Waals surface area contributed by atoms with Crippen LogP contribution in [0.15, 0.2) is 60.1 Å². The minimum Gasteiger partial charge on any atom is -0.508 e. The van der Waals surface area contributed by atoms with Crippen molar-refractivity contribution in [2.24, 2.45) is 11.7 Å². The Bertz CT molecular complexity index is 923. The molecule has 1 aromatic rings. The number of hydrogen-bond acceptors (Lipinski definition) is 8. The fourth-order valence-electron chi connectivity index (χ4n) is 2.80. The smallest absolute Gasteiger partial charge is 0.163 e. The van der Waals surface area contributed by atoms with Gasteiger partial charge in [-0.15, -0.1) is 0 Å². The number of carbonyl (C=O) groups is 2. The zero-order valence-corrected chi connectivity index (χ0v) is 18.3. The minimum atomic E-state index is -0.368. The first-order valence-electron chi connectivity index (χ1n) is 10.1. The molecule has 1 aromatic carbocycles. The lowest BCUT2D eigenvalue weighted by molar-refractivity contribution is -0.121. The van der Waals surface area contributed by atoms with E-state index in [0.29, 0.717) is 43.2 Å². The highest BCUT2D eigenvalue weighted by atomic mass is 35.5. The van der Waals surface area contributed by atoms with Crippen LogP contribution in [0, 0.1) is 5.92 Å². The first kappa shape index (κ1) is 25.2. The van der Waals surface area contributed by atoms with E-state index in [-0.39, 0.29) is 42.0 Å². The first-order chi connectivity index (χ1) is 15.4. The summed E-state index contributed by atoms with van der Waals surface area (Å²) >= 11 is 5.34. The highest BCUT2D eigenvalue weighted by Gasteiger charge is 2.15. The summed E-state index contributed by atoms with van der Waals surface area (Å²) in [4.78, 5) is 26.5. The van der Waals surface area contributed by atoms with E-state index >= 15 is 0 Å². The first-order valence-corrected chi connectivity index (χ1v) is 10.4. The van der Waals surface area contributed by atoms with Crippen molar-refractivity contribution in [3.8, 4) is 11.5 Å². The Hall–Kier alpha value is -3.07. The van der Waals surface area contributed by atoms with Gasteiger partial charge in [-0.25, -0.2) is 4.84 Å². The number of nitrogens with one attached hydrogen (secondary N) is 1. The average Bonchev–Trinajstić information content (AvgIpc) is 2.77. The normalized spacial score (nSPS) is 16.1. The van der Waals surface area contributed by atoms with Crippen LogP contribution in [0.2, 0.25) is 0 Å². The van der Waals surface area contributed by atoms with E-state index < -0.39 is 0 Å². The molecule has 0 spiro atoms. The molecule has 0 fully saturated rings. The summed E-state index contributed by atoms with van der Waals surface area (Å²) in [6, 6.07) is 4.71. The highest BCUT2D eigenvalue weighted by Crippen LogP contribution is 2.27. The maximum Gasteiger partial charge on any atom is 0.163 e. The van der Waals surface area contributed by atoms with Crippen LogP contribution in [0.4, 0.5) is 0 Å². The zero-order valence-electron chi connectivity index (χ0n) is 17.5. The summed E-state index contributed by atoms with van der Waals surface area (Å²) in [5.41, 5.74) is 5.96. The molecule has 0 saturated heterocycles. The number of halogens is 1. The van der Waals surface area contributed by atoms with Gasteiger partial charge in [-0.2, -0.15) is 0 Å². The second kappa shape index (κ2) is 13.4. The van der Waals surface area contributed by atoms with Crippen molar-refractivity contribution in [1.29, 1.82) is 0 Å². The Morgan fingerprint density at radius 2 is 1.97 bits per heavy atom. The summed E-state index contributed by atoms with van der Waals surface area (Å²) in [5, 5.41) is 20.0. The van der Waals surface area contributed by atoms with Gasteiger partial charge in [0.25, 0.3) is 0 Å². The number of benzene rings is 1. The van der Waals surface area contributed by atoms with Gasteiger partial charge in [-0.05, 0) is 47.7 Å². The number of aromatic hydroxyl groups is 1. The highest BCUT2D eigenvalue weighted by molar-refractivity contribution is 6.13. The van der Waals surface area contributed by atoms with Crippen LogP contribution in [0.25, 0.3) is 6.08 Å². The number of carbonyl (C=O) groups excluding carboxylic acids is 2. The molecule has 0 amide bonds. The van der Waals surface area contributed by atoms with Crippen molar-refractivity contribution in [2.45, 2.75) is 12.8 Å². The number of hydrogen-bond donors (Lipinski definition) is 4. The van der Waals surface area contributed by atoms with Crippen LogP contribution in [-0.4, -0.2) is 48.1 Å². The van der Waals surface area contributed by atoms with Gasteiger partial charge in [0.15, 0.2) is 28.8 Å². The van der Waals surface area contributed by atoms with Crippen LogP contribution in [0.1, 0.15) is 18.4 Å². The third kappa shape index (κ3) is 8.58. The van der Waals surface area contributed by atoms with Crippen LogP contribution in [-0.2, 0) is 14.3 Å². The molecule has 0 heterocycles. The predicted octanol–water partition coefficient (Wildman–Crippen LogP) is 2.93. The van der Waals surface area contributed by atoms with Gasteiger partial charge < -0.3 is 25.4 Å². The molecule has 0 radical (unpaired) electrons. The molecule has 0 saturated carbocycles. The zero-order chi connectivity index (χ0) is 23.3. The lowest BCUT2D eigenvalue weighted by atomic mass is 9.97. The van der Waals surface area contributed by atoms with Crippen molar-refractivity contribution in [2.75, 3.05) is 26.3 Å². The molecule has 5 N–H and O–H groups in total. The van der Waals surface area contributed by atoms with E-state index in [4.69, 9.17) is 27.0 Å². The molecule has 0 aliphatic heterocycles. The third-order valence-electron chi connectivity index (χ3n) is 4.36. The summed E-state index contributed by atoms with van der Waals surface area (Å²) in [6.07, 6.45) is 9.25. The Balaban J connectivity index is 1.82. The van der Waals surface area contributed by atoms with Crippen molar-refractivity contribution in [1.82, 2.24) is 4.84 Å². The molecule has 8 nitrogen and oxygen atoms in total. The fourth-order valence-corrected chi connectivity index (χ4v) is 2.88. The van der Waals surface area contributed by atoms with Gasteiger partial charge in [0.1, 0.15) is 19.0 Å². The van der Waals surface area contributed by atoms with E-state index in [1.54, 1.807) is 24.3 Å². The monoisotopic (exact) mass is 462 g/mol. The maximum atomic E-state index is 12.1. The summed E-state index contributed by atoms with van der Waals surface area (Å²) in [7, 11) is 0. The predicted molar refractivity (Wildman–Crippen MR) is 122 cm³/mol. The average molecular weight is 463 g/mol. The fraction of sp³-hybridized carbons (Fsp3) is 0.304. The molecule has 0 aromatic heterocycles. The summed E-state index contributed by atoms with van der Waals surface area (Å²) in [6.45, 7) is 1.36. The second-order valence-electron chi connectivity index (χ2n) is 6.94. The molecular weight excluding hydrogens is 436 g/mol. The molecule has 9 heteroatoms. The van der Waals surface area contributed by atoms with E-state index in [9.17, 15) is 19.8 Å². The Labute approximate surface area is 191 Å². The third-order valence-corrected chi connectivity index (χ3v) is 4.55. The van der Waals surface area contributed by atoms with Crippen LogP contribution < -0.4 is 15.3 Å².